The van der Waals surface area contributed by atoms with Gasteiger partial charge in [0.2, 0.25) is 0 Å². The lowest BCUT2D eigenvalue weighted by Gasteiger charge is -2.39. The number of rotatable bonds is 1. The Hall–Kier alpha value is 0.270. The molecule has 0 bridgehead atoms. The van der Waals surface area contributed by atoms with E-state index in [1.165, 1.54) is 12.8 Å². The maximum absolute atomic E-state index is 5.81. The van der Waals surface area contributed by atoms with Crippen LogP contribution >= 0.6 is 11.8 Å². The van der Waals surface area contributed by atoms with Crippen LogP contribution in [0, 0.1) is 5.92 Å². The molecule has 0 aromatic rings. The van der Waals surface area contributed by atoms with E-state index in [9.17, 15) is 0 Å². The van der Waals surface area contributed by atoms with Gasteiger partial charge >= 0.3 is 0 Å². The molecule has 1 N–H and O–H groups in total. The average molecular weight is 215 g/mol. The number of hydrogen-bond donors (Lipinski definition) is 1. The summed E-state index contributed by atoms with van der Waals surface area (Å²) < 4.78 is 5.81. The summed E-state index contributed by atoms with van der Waals surface area (Å²) >= 11 is 2.12. The minimum Gasteiger partial charge on any atom is -0.378 e. The van der Waals surface area contributed by atoms with Gasteiger partial charge < -0.3 is 10.1 Å². The Morgan fingerprint density at radius 3 is 2.86 bits per heavy atom. The molecule has 2 fully saturated rings. The predicted molar refractivity (Wildman–Crippen MR) is 61.6 cm³/mol. The number of thioether (sulfide) groups is 1. The van der Waals surface area contributed by atoms with Crippen LogP contribution in [-0.2, 0) is 4.74 Å². The van der Waals surface area contributed by atoms with Crippen molar-refractivity contribution >= 4 is 11.8 Å². The molecule has 0 saturated carbocycles. The highest BCUT2D eigenvalue weighted by Gasteiger charge is 2.42. The highest BCUT2D eigenvalue weighted by Crippen LogP contribution is 2.42. The fraction of sp³-hybridized carbons (Fsp3) is 1.00. The molecule has 2 rings (SSSR count). The lowest BCUT2D eigenvalue weighted by Crippen LogP contribution is -2.47. The molecule has 3 heteroatoms. The van der Waals surface area contributed by atoms with Crippen LogP contribution in [0.5, 0.6) is 0 Å². The second kappa shape index (κ2) is 4.03. The Bertz CT molecular complexity index is 205. The normalized spacial score (nSPS) is 43.7. The molecule has 1 spiro atoms. The molecule has 0 radical (unpaired) electrons. The van der Waals surface area contributed by atoms with E-state index in [0.717, 1.165) is 18.4 Å². The third kappa shape index (κ3) is 2.10. The Balaban J connectivity index is 1.99. The van der Waals surface area contributed by atoms with E-state index in [-0.39, 0.29) is 0 Å². The van der Waals surface area contributed by atoms with Gasteiger partial charge in [0.05, 0.1) is 11.0 Å². The molecule has 2 aliphatic rings. The van der Waals surface area contributed by atoms with Crippen LogP contribution < -0.4 is 5.32 Å². The van der Waals surface area contributed by atoms with Crippen molar-refractivity contribution in [1.29, 1.82) is 0 Å². The van der Waals surface area contributed by atoms with Crippen molar-refractivity contribution in [3.63, 3.8) is 0 Å². The molecule has 0 aromatic heterocycles. The average Bonchev–Trinajstić information content (AvgIpc) is 2.47. The van der Waals surface area contributed by atoms with Gasteiger partial charge in [-0.25, -0.2) is 0 Å². The third-order valence-electron chi connectivity index (χ3n) is 3.25. The summed E-state index contributed by atoms with van der Waals surface area (Å²) in [5.74, 6) is 0.644. The summed E-state index contributed by atoms with van der Waals surface area (Å²) in [5.41, 5.74) is 0. The van der Waals surface area contributed by atoms with Crippen molar-refractivity contribution in [2.24, 2.45) is 5.92 Å². The summed E-state index contributed by atoms with van der Waals surface area (Å²) in [6.07, 6.45) is 2.80. The monoisotopic (exact) mass is 215 g/mol. The summed E-state index contributed by atoms with van der Waals surface area (Å²) in [6, 6.07) is 0. The first kappa shape index (κ1) is 10.8. The molecule has 0 aliphatic carbocycles. The van der Waals surface area contributed by atoms with Gasteiger partial charge in [0.15, 0.2) is 0 Å². The molecular weight excluding hydrogens is 194 g/mol. The number of nitrogens with one attached hydrogen (secondary N) is 1. The molecule has 3 unspecified atom stereocenters. The van der Waals surface area contributed by atoms with E-state index in [4.69, 9.17) is 4.74 Å². The molecule has 0 amide bonds. The third-order valence-corrected chi connectivity index (χ3v) is 4.79. The Kier molecular flexibility index (Phi) is 3.10. The first-order chi connectivity index (χ1) is 6.61. The van der Waals surface area contributed by atoms with Crippen molar-refractivity contribution in [1.82, 2.24) is 5.32 Å². The zero-order valence-corrected chi connectivity index (χ0v) is 10.2. The van der Waals surface area contributed by atoms with Crippen molar-refractivity contribution in [3.05, 3.63) is 0 Å². The first-order valence-electron chi connectivity index (χ1n) is 5.66. The minimum atomic E-state index is 0.340. The predicted octanol–water partition coefficient (Wildman–Crippen LogP) is 2.24. The second-order valence-electron chi connectivity index (χ2n) is 4.91. The van der Waals surface area contributed by atoms with Crippen LogP contribution in [0.1, 0.15) is 33.6 Å². The molecule has 82 valence electrons. The van der Waals surface area contributed by atoms with Crippen LogP contribution in [-0.4, -0.2) is 29.4 Å². The summed E-state index contributed by atoms with van der Waals surface area (Å²) in [4.78, 5) is 0.340. The lowest BCUT2D eigenvalue weighted by atomic mass is 9.95. The van der Waals surface area contributed by atoms with E-state index in [1.54, 1.807) is 0 Å². The van der Waals surface area contributed by atoms with E-state index in [0.29, 0.717) is 16.9 Å². The topological polar surface area (TPSA) is 21.3 Å². The van der Waals surface area contributed by atoms with Gasteiger partial charge in [-0.1, -0.05) is 20.8 Å². The number of ether oxygens (including phenoxy) is 1. The van der Waals surface area contributed by atoms with Crippen LogP contribution in [0.2, 0.25) is 0 Å². The second-order valence-corrected chi connectivity index (χ2v) is 6.73. The number of hydrogen-bond acceptors (Lipinski definition) is 3. The van der Waals surface area contributed by atoms with Gasteiger partial charge in [0.1, 0.15) is 0 Å². The zero-order chi connectivity index (χ0) is 10.2. The Morgan fingerprint density at radius 1 is 1.50 bits per heavy atom. The van der Waals surface area contributed by atoms with Crippen LogP contribution in [0.4, 0.5) is 0 Å². The highest BCUT2D eigenvalue weighted by molar-refractivity contribution is 8.01. The molecule has 14 heavy (non-hydrogen) atoms. The maximum Gasteiger partial charge on any atom is 0.0695 e. The molecule has 0 aromatic carbocycles. The van der Waals surface area contributed by atoms with E-state index in [2.05, 4.69) is 37.8 Å². The van der Waals surface area contributed by atoms with E-state index in [1.807, 2.05) is 0 Å². The van der Waals surface area contributed by atoms with Crippen molar-refractivity contribution < 1.29 is 4.74 Å². The molecular formula is C11H21NOS. The van der Waals surface area contributed by atoms with Crippen LogP contribution in [0.3, 0.4) is 0 Å². The molecule has 3 atom stereocenters. The van der Waals surface area contributed by atoms with Gasteiger partial charge in [0.25, 0.3) is 0 Å². The van der Waals surface area contributed by atoms with Crippen LogP contribution in [0.15, 0.2) is 0 Å². The molecule has 2 saturated heterocycles. The fourth-order valence-electron chi connectivity index (χ4n) is 2.36. The van der Waals surface area contributed by atoms with E-state index >= 15 is 0 Å². The van der Waals surface area contributed by atoms with Gasteiger partial charge in [-0.15, -0.1) is 11.8 Å². The summed E-state index contributed by atoms with van der Waals surface area (Å²) in [7, 11) is 0. The molecule has 2 nitrogen and oxygen atoms in total. The molecule has 2 aliphatic heterocycles. The molecule has 2 heterocycles. The van der Waals surface area contributed by atoms with Gasteiger partial charge in [-0.3, -0.25) is 0 Å². The quantitative estimate of drug-likeness (QED) is 0.725. The maximum atomic E-state index is 5.81. The van der Waals surface area contributed by atoms with Crippen molar-refractivity contribution in [2.45, 2.75) is 49.8 Å². The van der Waals surface area contributed by atoms with Crippen LogP contribution in [0.25, 0.3) is 0 Å². The Labute approximate surface area is 91.2 Å². The lowest BCUT2D eigenvalue weighted by molar-refractivity contribution is -0.0295. The fourth-order valence-corrected chi connectivity index (χ4v) is 3.92. The summed E-state index contributed by atoms with van der Waals surface area (Å²) in [5, 5.41) is 4.45. The van der Waals surface area contributed by atoms with Gasteiger partial charge in [0, 0.05) is 24.8 Å². The largest absolute Gasteiger partial charge is 0.378 e. The standard InChI is InChI=1S/C11H21NOS/c1-8(2)10-6-11(4-5-13-10)12-7-9(3)14-11/h8-10,12H,4-7H2,1-3H3. The van der Waals surface area contributed by atoms with Crippen molar-refractivity contribution in [3.8, 4) is 0 Å². The SMILES string of the molecule is CC1CNC2(CCOC(C(C)C)C2)S1. The van der Waals surface area contributed by atoms with E-state index < -0.39 is 0 Å². The van der Waals surface area contributed by atoms with Gasteiger partial charge in [-0.2, -0.15) is 0 Å². The Morgan fingerprint density at radius 2 is 2.29 bits per heavy atom. The summed E-state index contributed by atoms with van der Waals surface area (Å²) in [6.45, 7) is 8.91. The first-order valence-corrected chi connectivity index (χ1v) is 6.54. The smallest absolute Gasteiger partial charge is 0.0695 e. The van der Waals surface area contributed by atoms with Crippen molar-refractivity contribution in [2.75, 3.05) is 13.2 Å². The zero-order valence-electron chi connectivity index (χ0n) is 9.38. The minimum absolute atomic E-state index is 0.340. The van der Waals surface area contributed by atoms with Gasteiger partial charge in [-0.05, 0) is 12.3 Å². The highest BCUT2D eigenvalue weighted by atomic mass is 32.2.